The maximum atomic E-state index is 14.4. The van der Waals surface area contributed by atoms with E-state index in [2.05, 4.69) is 26.6 Å². The van der Waals surface area contributed by atoms with Crippen LogP contribution in [0.3, 0.4) is 0 Å². The van der Waals surface area contributed by atoms with Crippen LogP contribution >= 0.6 is 15.9 Å². The highest BCUT2D eigenvalue weighted by molar-refractivity contribution is 9.10. The molecule has 42 heavy (non-hydrogen) atoms. The van der Waals surface area contributed by atoms with Gasteiger partial charge in [0.15, 0.2) is 0 Å². The molecular weight excluding hydrogens is 603 g/mol. The van der Waals surface area contributed by atoms with Gasteiger partial charge in [0.05, 0.1) is 37.6 Å². The molecule has 4 aromatic carbocycles. The van der Waals surface area contributed by atoms with Crippen LogP contribution < -0.4 is 25.2 Å². The maximum absolute atomic E-state index is 14.4. The molecule has 10 heteroatoms. The number of ether oxygens (including phenoxy) is 1. The summed E-state index contributed by atoms with van der Waals surface area (Å²) >= 11 is 3.52. The van der Waals surface area contributed by atoms with Gasteiger partial charge in [0.1, 0.15) is 17.6 Å². The number of amides is 3. The fourth-order valence-electron chi connectivity index (χ4n) is 5.08. The molecular formula is C32H30BrFN4O4. The molecule has 5 rings (SSSR count). The van der Waals surface area contributed by atoms with Crippen molar-refractivity contribution in [2.45, 2.75) is 25.6 Å². The first-order chi connectivity index (χ1) is 20.2. The van der Waals surface area contributed by atoms with Gasteiger partial charge >= 0.3 is 0 Å². The number of carbonyl (C=O) groups excluding carboxylic acids is 3. The third-order valence-electron chi connectivity index (χ3n) is 7.46. The van der Waals surface area contributed by atoms with Gasteiger partial charge in [0.2, 0.25) is 5.91 Å². The van der Waals surface area contributed by atoms with Crippen LogP contribution in [0.5, 0.6) is 5.75 Å². The third-order valence-corrected chi connectivity index (χ3v) is 7.95. The van der Waals surface area contributed by atoms with Crippen LogP contribution in [0.1, 0.15) is 22.8 Å². The number of carbonyl (C=O) groups is 3. The molecule has 0 aliphatic carbocycles. The molecule has 0 bridgehead atoms. The Hall–Kier alpha value is -4.28. The molecule has 1 heterocycles. The van der Waals surface area contributed by atoms with Crippen LogP contribution in [-0.4, -0.2) is 50.5 Å². The third kappa shape index (κ3) is 5.73. The molecule has 0 fully saturated rings. The van der Waals surface area contributed by atoms with Crippen molar-refractivity contribution in [1.29, 1.82) is 0 Å². The summed E-state index contributed by atoms with van der Waals surface area (Å²) in [5.74, 6) is -1.06. The van der Waals surface area contributed by atoms with Crippen LogP contribution in [0.15, 0.2) is 83.3 Å². The highest BCUT2D eigenvalue weighted by atomic mass is 79.9. The molecule has 0 saturated heterocycles. The van der Waals surface area contributed by atoms with Crippen molar-refractivity contribution in [3.05, 3.63) is 100 Å². The molecule has 216 valence electrons. The first kappa shape index (κ1) is 29.2. The van der Waals surface area contributed by atoms with Crippen molar-refractivity contribution in [3.63, 3.8) is 0 Å². The Morgan fingerprint density at radius 2 is 1.76 bits per heavy atom. The second-order valence-corrected chi connectivity index (χ2v) is 10.9. The summed E-state index contributed by atoms with van der Waals surface area (Å²) in [5.41, 5.74) is 2.01. The van der Waals surface area contributed by atoms with E-state index in [-0.39, 0.29) is 30.5 Å². The van der Waals surface area contributed by atoms with Gasteiger partial charge in [-0.05, 0) is 79.3 Å². The predicted molar refractivity (Wildman–Crippen MR) is 164 cm³/mol. The number of hydrogen-bond donors (Lipinski definition) is 2. The second kappa shape index (κ2) is 12.3. The summed E-state index contributed by atoms with van der Waals surface area (Å²) in [6.07, 6.45) is 0. The van der Waals surface area contributed by atoms with Crippen molar-refractivity contribution >= 4 is 55.8 Å². The Labute approximate surface area is 251 Å². The average molecular weight is 634 g/mol. The van der Waals surface area contributed by atoms with Crippen molar-refractivity contribution in [2.75, 3.05) is 30.5 Å². The molecule has 4 aromatic rings. The average Bonchev–Trinajstić information content (AvgIpc) is 3.11. The van der Waals surface area contributed by atoms with Gasteiger partial charge in [-0.25, -0.2) is 4.39 Å². The van der Waals surface area contributed by atoms with Gasteiger partial charge in [-0.3, -0.25) is 14.4 Å². The van der Waals surface area contributed by atoms with Crippen molar-refractivity contribution < 1.29 is 23.5 Å². The first-order valence-electron chi connectivity index (χ1n) is 13.4. The van der Waals surface area contributed by atoms with Crippen molar-refractivity contribution in [3.8, 4) is 5.75 Å². The van der Waals surface area contributed by atoms with Crippen LogP contribution in [0.4, 0.5) is 15.8 Å². The summed E-state index contributed by atoms with van der Waals surface area (Å²) in [7, 11) is 3.23. The van der Waals surface area contributed by atoms with Gasteiger partial charge < -0.3 is 25.2 Å². The summed E-state index contributed by atoms with van der Waals surface area (Å²) in [6.45, 7) is 1.68. The largest absolute Gasteiger partial charge is 0.496 e. The molecule has 0 radical (unpaired) electrons. The molecule has 3 amide bonds. The van der Waals surface area contributed by atoms with E-state index in [1.165, 1.54) is 29.2 Å². The number of para-hydroxylation sites is 2. The second-order valence-electron chi connectivity index (χ2n) is 10.0. The van der Waals surface area contributed by atoms with Gasteiger partial charge in [0.25, 0.3) is 11.8 Å². The lowest BCUT2D eigenvalue weighted by Crippen LogP contribution is -2.55. The van der Waals surface area contributed by atoms with E-state index < -0.39 is 23.8 Å². The van der Waals surface area contributed by atoms with E-state index in [0.717, 1.165) is 20.8 Å². The van der Waals surface area contributed by atoms with Gasteiger partial charge in [-0.2, -0.15) is 0 Å². The molecule has 1 aliphatic rings. The lowest BCUT2D eigenvalue weighted by molar-refractivity contribution is -0.128. The molecule has 0 saturated carbocycles. The number of anilines is 2. The summed E-state index contributed by atoms with van der Waals surface area (Å²) in [6, 6.07) is 20.4. The van der Waals surface area contributed by atoms with Crippen molar-refractivity contribution in [2.24, 2.45) is 0 Å². The summed E-state index contributed by atoms with van der Waals surface area (Å²) in [4.78, 5) is 44.3. The zero-order chi connectivity index (χ0) is 30.0. The van der Waals surface area contributed by atoms with Crippen LogP contribution in [-0.2, 0) is 16.1 Å². The SMILES string of the molecule is CNC(C)C(=O)NC1CN(C(=O)c2ccc(F)cc2)c2ccccc2N(Cc2c(OC)ccc3cc(Br)ccc23)C1=O. The Balaban J connectivity index is 1.65. The monoisotopic (exact) mass is 632 g/mol. The van der Waals surface area contributed by atoms with Crippen LogP contribution in [0.25, 0.3) is 10.8 Å². The topological polar surface area (TPSA) is 91.0 Å². The Morgan fingerprint density at radius 3 is 2.45 bits per heavy atom. The predicted octanol–water partition coefficient (Wildman–Crippen LogP) is 5.04. The van der Waals surface area contributed by atoms with Crippen molar-refractivity contribution in [1.82, 2.24) is 10.6 Å². The smallest absolute Gasteiger partial charge is 0.258 e. The fourth-order valence-corrected chi connectivity index (χ4v) is 5.46. The number of methoxy groups -OCH3 is 1. The highest BCUT2D eigenvalue weighted by Crippen LogP contribution is 2.38. The van der Waals surface area contributed by atoms with E-state index in [1.807, 2.05) is 30.3 Å². The molecule has 0 spiro atoms. The first-order valence-corrected chi connectivity index (χ1v) is 14.2. The zero-order valence-corrected chi connectivity index (χ0v) is 24.9. The van der Waals surface area contributed by atoms with Crippen LogP contribution in [0.2, 0.25) is 0 Å². The minimum Gasteiger partial charge on any atom is -0.496 e. The van der Waals surface area contributed by atoms with Gasteiger partial charge in [0, 0.05) is 15.6 Å². The Kier molecular flexibility index (Phi) is 8.56. The van der Waals surface area contributed by atoms with Gasteiger partial charge in [-0.15, -0.1) is 0 Å². The number of rotatable bonds is 7. The Bertz CT molecular complexity index is 1660. The molecule has 1 aliphatic heterocycles. The number of likely N-dealkylation sites (N-methyl/N-ethyl adjacent to an activating group) is 1. The number of hydrogen-bond acceptors (Lipinski definition) is 5. The lowest BCUT2D eigenvalue weighted by atomic mass is 10.0. The Morgan fingerprint density at radius 1 is 1.05 bits per heavy atom. The minimum atomic E-state index is -1.07. The van der Waals surface area contributed by atoms with Crippen LogP contribution in [0, 0.1) is 5.82 Å². The van der Waals surface area contributed by atoms with E-state index in [9.17, 15) is 18.8 Å². The number of nitrogens with one attached hydrogen (secondary N) is 2. The standard InChI is InChI=1S/C32H30BrFN4O4/c1-19(35-2)30(39)36-26-18-38(31(40)20-8-12-23(34)13-9-20)28-7-5-4-6-27(28)37(32(26)41)17-25-24-14-11-22(33)16-21(24)10-15-29(25)42-3/h4-16,19,26,35H,17-18H2,1-3H3,(H,36,39). The molecule has 8 nitrogen and oxygen atoms in total. The quantitative estimate of drug-likeness (QED) is 0.298. The number of halogens is 2. The number of nitrogens with zero attached hydrogens (tertiary/aromatic N) is 2. The number of benzene rings is 4. The van der Waals surface area contributed by atoms with E-state index in [1.54, 1.807) is 50.2 Å². The highest BCUT2D eigenvalue weighted by Gasteiger charge is 2.38. The lowest BCUT2D eigenvalue weighted by Gasteiger charge is -2.27. The molecule has 2 N–H and O–H groups in total. The summed E-state index contributed by atoms with van der Waals surface area (Å²) in [5, 5.41) is 7.58. The molecule has 2 atom stereocenters. The molecule has 2 unspecified atom stereocenters. The van der Waals surface area contributed by atoms with E-state index >= 15 is 0 Å². The summed E-state index contributed by atoms with van der Waals surface area (Å²) < 4.78 is 20.3. The van der Waals surface area contributed by atoms with E-state index in [0.29, 0.717) is 17.1 Å². The fraction of sp³-hybridized carbons (Fsp3) is 0.219. The number of fused-ring (bicyclic) bond motifs is 2. The van der Waals surface area contributed by atoms with Gasteiger partial charge in [-0.1, -0.05) is 40.2 Å². The maximum Gasteiger partial charge on any atom is 0.258 e. The van der Waals surface area contributed by atoms with E-state index in [4.69, 9.17) is 4.74 Å². The minimum absolute atomic E-state index is 0.116. The normalized spacial score (nSPS) is 15.6. The molecule has 0 aromatic heterocycles. The zero-order valence-electron chi connectivity index (χ0n) is 23.4.